The molecule has 0 saturated heterocycles. The maximum absolute atomic E-state index is 2.41. The molecule has 29 heavy (non-hydrogen) atoms. The van der Waals surface area contributed by atoms with Gasteiger partial charge in [0, 0.05) is 30.1 Å². The van der Waals surface area contributed by atoms with Gasteiger partial charge in [-0.25, -0.2) is 0 Å². The van der Waals surface area contributed by atoms with Crippen molar-refractivity contribution < 1.29 is 0 Å². The summed E-state index contributed by atoms with van der Waals surface area (Å²) in [6.45, 7) is 0. The summed E-state index contributed by atoms with van der Waals surface area (Å²) in [6.07, 6.45) is 2.22. The molecule has 0 amide bonds. The van der Waals surface area contributed by atoms with Crippen molar-refractivity contribution in [1.29, 1.82) is 0 Å². The second-order valence-electron chi connectivity index (χ2n) is 7.74. The largest absolute Gasteiger partial charge is 0.144 e. The van der Waals surface area contributed by atoms with Crippen molar-refractivity contribution in [3.8, 4) is 22.3 Å². The van der Waals surface area contributed by atoms with E-state index < -0.39 is 0 Å². The summed E-state index contributed by atoms with van der Waals surface area (Å²) in [5.41, 5.74) is 7.26. The van der Waals surface area contributed by atoms with Crippen LogP contribution in [0.2, 0.25) is 0 Å². The highest BCUT2D eigenvalue weighted by atomic mass is 32.1. The highest BCUT2D eigenvalue weighted by Gasteiger charge is 2.28. The fourth-order valence-corrected chi connectivity index (χ4v) is 7.59. The Hall–Kier alpha value is -2.46. The first-order valence-electron chi connectivity index (χ1n) is 9.88. The monoisotopic (exact) mass is 424 g/mol. The van der Waals surface area contributed by atoms with Gasteiger partial charge in [0.2, 0.25) is 0 Å². The van der Waals surface area contributed by atoms with Crippen molar-refractivity contribution in [3.63, 3.8) is 0 Å². The van der Waals surface area contributed by atoms with Crippen LogP contribution >= 0.6 is 34.0 Å². The van der Waals surface area contributed by atoms with Crippen molar-refractivity contribution in [2.24, 2.45) is 0 Å². The van der Waals surface area contributed by atoms with Crippen LogP contribution in [-0.4, -0.2) is 0 Å². The second kappa shape index (κ2) is 6.02. The van der Waals surface area contributed by atoms with Crippen LogP contribution in [0.1, 0.15) is 10.4 Å². The molecule has 0 aliphatic heterocycles. The van der Waals surface area contributed by atoms with Crippen LogP contribution in [0.4, 0.5) is 0 Å². The maximum atomic E-state index is 2.41. The first-order chi connectivity index (χ1) is 14.3. The Balaban J connectivity index is 1.25. The number of aryl methyl sites for hydroxylation is 2. The molecular weight excluding hydrogens is 408 g/mol. The van der Waals surface area contributed by atoms with E-state index in [-0.39, 0.29) is 0 Å². The molecule has 3 aromatic carbocycles. The van der Waals surface area contributed by atoms with E-state index in [1.54, 1.807) is 0 Å². The van der Waals surface area contributed by atoms with Crippen molar-refractivity contribution in [3.05, 3.63) is 81.9 Å². The summed E-state index contributed by atoms with van der Waals surface area (Å²) in [7, 11) is 0. The number of hydrogen-bond donors (Lipinski definition) is 0. The number of benzene rings is 3. The summed E-state index contributed by atoms with van der Waals surface area (Å²) < 4.78 is 4.29. The Morgan fingerprint density at radius 3 is 2.31 bits per heavy atom. The average molecular weight is 425 g/mol. The van der Waals surface area contributed by atoms with E-state index in [0.717, 1.165) is 12.8 Å². The van der Waals surface area contributed by atoms with Crippen LogP contribution in [-0.2, 0) is 12.8 Å². The van der Waals surface area contributed by atoms with E-state index in [4.69, 9.17) is 0 Å². The van der Waals surface area contributed by atoms with Crippen LogP contribution in [0.25, 0.3) is 52.5 Å². The normalized spacial score (nSPS) is 12.4. The quantitative estimate of drug-likeness (QED) is 0.266. The zero-order chi connectivity index (χ0) is 18.9. The molecule has 0 fully saturated rings. The van der Waals surface area contributed by atoms with Gasteiger partial charge in [-0.3, -0.25) is 0 Å². The summed E-state index contributed by atoms with van der Waals surface area (Å²) in [5, 5.41) is 8.53. The summed E-state index contributed by atoms with van der Waals surface area (Å²) in [6, 6.07) is 23.0. The molecule has 3 heterocycles. The van der Waals surface area contributed by atoms with E-state index in [0.29, 0.717) is 0 Å². The standard InChI is InChI=1S/C26H16S3/c1(15-2-8-22-17(13-15)10-11-27-22)5-19-14-18-4-7-21-23-20(24(21)26(18)29-19)6-3-16-9-12-28-25(16)23/h2-4,6-14H,1,5H2. The minimum absolute atomic E-state index is 1.10. The molecule has 0 spiro atoms. The van der Waals surface area contributed by atoms with Gasteiger partial charge in [0.05, 0.1) is 0 Å². The first-order valence-corrected chi connectivity index (χ1v) is 12.5. The fraction of sp³-hybridized carbons (Fsp3) is 0.0769. The lowest BCUT2D eigenvalue weighted by Crippen LogP contribution is -1.98. The minimum Gasteiger partial charge on any atom is -0.144 e. The molecule has 0 nitrogen and oxygen atoms in total. The van der Waals surface area contributed by atoms with Crippen molar-refractivity contribution >= 4 is 64.3 Å². The van der Waals surface area contributed by atoms with E-state index in [1.807, 2.05) is 34.0 Å². The van der Waals surface area contributed by atoms with Crippen LogP contribution in [0.15, 0.2) is 71.4 Å². The molecule has 138 valence electrons. The second-order valence-corrected chi connectivity index (χ2v) is 10.7. The van der Waals surface area contributed by atoms with Gasteiger partial charge in [0.15, 0.2) is 0 Å². The van der Waals surface area contributed by atoms with Crippen LogP contribution in [0, 0.1) is 0 Å². The molecule has 0 atom stereocenters. The van der Waals surface area contributed by atoms with Gasteiger partial charge in [-0.1, -0.05) is 36.4 Å². The molecule has 3 aromatic heterocycles. The maximum Gasteiger partial charge on any atom is 0.0430 e. The molecule has 0 saturated carbocycles. The lowest BCUT2D eigenvalue weighted by molar-refractivity contribution is 0.984. The van der Waals surface area contributed by atoms with Crippen LogP contribution in [0.3, 0.4) is 0 Å². The Morgan fingerprint density at radius 1 is 0.586 bits per heavy atom. The molecule has 0 unspecified atom stereocenters. The summed E-state index contributed by atoms with van der Waals surface area (Å²) in [5.74, 6) is 0. The van der Waals surface area contributed by atoms with Gasteiger partial charge < -0.3 is 0 Å². The minimum atomic E-state index is 1.10. The van der Waals surface area contributed by atoms with Gasteiger partial charge in [-0.05, 0) is 80.7 Å². The smallest absolute Gasteiger partial charge is 0.0430 e. The summed E-state index contributed by atoms with van der Waals surface area (Å²) in [4.78, 5) is 1.49. The SMILES string of the molecule is c1cc2cc(CCc3cc4ccc5c(c4s3)-c3ccc4ccsc4c3-5)ccc2s1. The first kappa shape index (κ1) is 16.3. The Bertz CT molecular complexity index is 1560. The highest BCUT2D eigenvalue weighted by Crippen LogP contribution is 2.55. The molecule has 0 N–H and O–H groups in total. The van der Waals surface area contributed by atoms with Crippen LogP contribution < -0.4 is 0 Å². The molecule has 0 radical (unpaired) electrons. The Morgan fingerprint density at radius 2 is 1.38 bits per heavy atom. The molecule has 0 bridgehead atoms. The van der Waals surface area contributed by atoms with E-state index >= 15 is 0 Å². The molecule has 6 aromatic rings. The van der Waals surface area contributed by atoms with Gasteiger partial charge in [0.1, 0.15) is 0 Å². The molecule has 7 rings (SSSR count). The lowest BCUT2D eigenvalue weighted by Gasteiger charge is -2.25. The third-order valence-corrected chi connectivity index (χ3v) is 9.15. The van der Waals surface area contributed by atoms with Crippen molar-refractivity contribution in [2.45, 2.75) is 12.8 Å². The van der Waals surface area contributed by atoms with Gasteiger partial charge in [-0.15, -0.1) is 34.0 Å². The molecule has 1 aliphatic rings. The number of fused-ring (bicyclic) bond motifs is 9. The average Bonchev–Trinajstić information content (AvgIpc) is 3.46. The molecular formula is C26H16S3. The van der Waals surface area contributed by atoms with E-state index in [9.17, 15) is 0 Å². The van der Waals surface area contributed by atoms with Gasteiger partial charge in [0.25, 0.3) is 0 Å². The lowest BCUT2D eigenvalue weighted by atomic mass is 9.79. The predicted octanol–water partition coefficient (Wildman–Crippen LogP) is 8.76. The zero-order valence-electron chi connectivity index (χ0n) is 15.6. The van der Waals surface area contributed by atoms with Crippen LogP contribution in [0.5, 0.6) is 0 Å². The fourth-order valence-electron chi connectivity index (χ4n) is 4.64. The predicted molar refractivity (Wildman–Crippen MR) is 131 cm³/mol. The highest BCUT2D eigenvalue weighted by molar-refractivity contribution is 7.20. The van der Waals surface area contributed by atoms with E-state index in [1.165, 1.54) is 63.0 Å². The Kier molecular flexibility index (Phi) is 3.39. The Labute approximate surface area is 180 Å². The summed E-state index contributed by atoms with van der Waals surface area (Å²) >= 11 is 5.68. The van der Waals surface area contributed by atoms with Gasteiger partial charge >= 0.3 is 0 Å². The van der Waals surface area contributed by atoms with Crippen molar-refractivity contribution in [1.82, 2.24) is 0 Å². The van der Waals surface area contributed by atoms with E-state index in [2.05, 4.69) is 71.4 Å². The topological polar surface area (TPSA) is 0 Å². The number of thiophene rings is 3. The molecule has 3 heteroatoms. The van der Waals surface area contributed by atoms with Gasteiger partial charge in [-0.2, -0.15) is 0 Å². The zero-order valence-corrected chi connectivity index (χ0v) is 18.0. The van der Waals surface area contributed by atoms with Crippen molar-refractivity contribution in [2.75, 3.05) is 0 Å². The number of hydrogen-bond acceptors (Lipinski definition) is 3. The third-order valence-electron chi connectivity index (χ3n) is 6.07. The number of rotatable bonds is 3. The molecule has 1 aliphatic carbocycles. The third kappa shape index (κ3) is 2.35.